The van der Waals surface area contributed by atoms with Gasteiger partial charge in [-0.2, -0.15) is 0 Å². The molecule has 0 amide bonds. The Morgan fingerprint density at radius 2 is 2.13 bits per heavy atom. The number of fused-ring (bicyclic) bond motifs is 1. The zero-order valence-corrected chi connectivity index (χ0v) is 8.07. The van der Waals surface area contributed by atoms with Crippen LogP contribution < -0.4 is 0 Å². The Labute approximate surface area is 87.2 Å². The third-order valence-electron chi connectivity index (χ3n) is 2.36. The summed E-state index contributed by atoms with van der Waals surface area (Å²) in [5, 5.41) is 1.22. The summed E-state index contributed by atoms with van der Waals surface area (Å²) in [5.41, 5.74) is 2.21. The van der Waals surface area contributed by atoms with Crippen molar-refractivity contribution in [3.05, 3.63) is 60.7 Å². The summed E-state index contributed by atoms with van der Waals surface area (Å²) in [7, 11) is 0. The molecule has 0 saturated heterocycles. The number of benzene rings is 1. The fraction of sp³-hybridized carbons (Fsp3) is 0. The molecule has 2 heterocycles. The molecule has 0 spiro atoms. The van der Waals surface area contributed by atoms with Gasteiger partial charge in [-0.1, -0.05) is 18.2 Å². The highest BCUT2D eigenvalue weighted by Gasteiger charge is 2.02. The van der Waals surface area contributed by atoms with Gasteiger partial charge in [0.25, 0.3) is 0 Å². The van der Waals surface area contributed by atoms with Crippen LogP contribution in [0, 0.1) is 6.42 Å². The first-order valence-corrected chi connectivity index (χ1v) is 4.84. The van der Waals surface area contributed by atoms with Crippen LogP contribution in [0.2, 0.25) is 0 Å². The van der Waals surface area contributed by atoms with Gasteiger partial charge in [-0.25, -0.2) is 4.98 Å². The third kappa shape index (κ3) is 1.52. The van der Waals surface area contributed by atoms with Gasteiger partial charge >= 0.3 is 0 Å². The van der Waals surface area contributed by atoms with Crippen molar-refractivity contribution in [2.75, 3.05) is 0 Å². The lowest BCUT2D eigenvalue weighted by Crippen LogP contribution is -1.86. The number of hydrogen-bond acceptors (Lipinski definition) is 1. The number of aromatic amines is 2. The maximum atomic E-state index is 4.15. The van der Waals surface area contributed by atoms with Gasteiger partial charge in [0.05, 0.1) is 6.42 Å². The molecule has 0 saturated carbocycles. The van der Waals surface area contributed by atoms with Gasteiger partial charge in [-0.15, -0.1) is 0 Å². The van der Waals surface area contributed by atoms with Crippen LogP contribution in [0.1, 0.15) is 11.5 Å². The van der Waals surface area contributed by atoms with E-state index in [2.05, 4.69) is 33.2 Å². The van der Waals surface area contributed by atoms with Crippen LogP contribution in [0.25, 0.3) is 10.9 Å². The molecule has 3 nitrogen and oxygen atoms in total. The number of nitrogens with one attached hydrogen (secondary N) is 2. The van der Waals surface area contributed by atoms with E-state index < -0.39 is 0 Å². The molecule has 15 heavy (non-hydrogen) atoms. The lowest BCUT2D eigenvalue weighted by Gasteiger charge is -1.91. The molecule has 0 aliphatic carbocycles. The Hall–Kier alpha value is -2.03. The highest BCUT2D eigenvalue weighted by atomic mass is 14.9. The van der Waals surface area contributed by atoms with Crippen LogP contribution in [0.3, 0.4) is 0 Å². The minimum absolute atomic E-state index is 0.863. The number of H-pyrrole nitrogens is 2. The van der Waals surface area contributed by atoms with Crippen LogP contribution in [0.5, 0.6) is 0 Å². The topological polar surface area (TPSA) is 44.5 Å². The minimum atomic E-state index is 0.863. The maximum absolute atomic E-state index is 4.15. The van der Waals surface area contributed by atoms with Crippen molar-refractivity contribution >= 4 is 10.9 Å². The van der Waals surface area contributed by atoms with Crippen LogP contribution >= 0.6 is 0 Å². The Bertz CT molecular complexity index is 530. The zero-order valence-electron chi connectivity index (χ0n) is 8.07. The Kier molecular flexibility index (Phi) is 1.81. The summed E-state index contributed by atoms with van der Waals surface area (Å²) in [4.78, 5) is 10.5. The van der Waals surface area contributed by atoms with E-state index in [4.69, 9.17) is 0 Å². The molecule has 3 heteroatoms. The molecule has 3 rings (SSSR count). The summed E-state index contributed by atoms with van der Waals surface area (Å²) >= 11 is 0. The van der Waals surface area contributed by atoms with Crippen LogP contribution in [-0.4, -0.2) is 15.0 Å². The molecule has 1 aromatic carbocycles. The summed E-state index contributed by atoms with van der Waals surface area (Å²) in [6.45, 7) is 0. The van der Waals surface area contributed by atoms with E-state index in [0.717, 1.165) is 17.0 Å². The average Bonchev–Trinajstić information content (AvgIpc) is 2.86. The van der Waals surface area contributed by atoms with Gasteiger partial charge in [0.2, 0.25) is 0 Å². The Balaban J connectivity index is 1.98. The number of nitrogens with zero attached hydrogens (tertiary/aromatic N) is 1. The second-order valence-electron chi connectivity index (χ2n) is 3.43. The lowest BCUT2D eigenvalue weighted by molar-refractivity contribution is 1.15. The van der Waals surface area contributed by atoms with Crippen molar-refractivity contribution in [1.82, 2.24) is 15.0 Å². The summed E-state index contributed by atoms with van der Waals surface area (Å²) in [5.74, 6) is 0.863. The first-order valence-electron chi connectivity index (χ1n) is 4.84. The summed E-state index contributed by atoms with van der Waals surface area (Å²) in [6, 6.07) is 10.3. The molecule has 0 unspecified atom stereocenters. The standard InChI is InChI=1S/C12H10N3/c1-2-4-11-9(3-1)7-10(15-11)8-12-13-5-6-14-12/h1-8,15H,(H,13,14). The highest BCUT2D eigenvalue weighted by molar-refractivity contribution is 5.80. The van der Waals surface area contributed by atoms with E-state index >= 15 is 0 Å². The molecule has 0 atom stereocenters. The van der Waals surface area contributed by atoms with E-state index in [9.17, 15) is 0 Å². The minimum Gasteiger partial charge on any atom is -0.358 e. The predicted molar refractivity (Wildman–Crippen MR) is 59.4 cm³/mol. The number of aromatic nitrogens is 3. The van der Waals surface area contributed by atoms with E-state index in [1.165, 1.54) is 5.39 Å². The van der Waals surface area contributed by atoms with Gasteiger partial charge in [-0.3, -0.25) is 0 Å². The Morgan fingerprint density at radius 1 is 1.20 bits per heavy atom. The van der Waals surface area contributed by atoms with Crippen molar-refractivity contribution in [2.45, 2.75) is 0 Å². The van der Waals surface area contributed by atoms with Crippen LogP contribution in [0.4, 0.5) is 0 Å². The van der Waals surface area contributed by atoms with Crippen molar-refractivity contribution < 1.29 is 0 Å². The molecule has 3 aromatic rings. The summed E-state index contributed by atoms with van der Waals surface area (Å²) in [6.07, 6.45) is 5.54. The Morgan fingerprint density at radius 3 is 2.93 bits per heavy atom. The first kappa shape index (κ1) is 8.29. The smallest absolute Gasteiger partial charge is 0.116 e. The molecule has 1 radical (unpaired) electrons. The van der Waals surface area contributed by atoms with E-state index in [0.29, 0.717) is 0 Å². The number of hydrogen-bond donors (Lipinski definition) is 2. The first-order chi connectivity index (χ1) is 7.42. The van der Waals surface area contributed by atoms with Crippen molar-refractivity contribution in [3.63, 3.8) is 0 Å². The van der Waals surface area contributed by atoms with Crippen molar-refractivity contribution in [1.29, 1.82) is 0 Å². The molecule has 0 bridgehead atoms. The van der Waals surface area contributed by atoms with Crippen molar-refractivity contribution in [3.8, 4) is 0 Å². The van der Waals surface area contributed by atoms with Gasteiger partial charge in [0, 0.05) is 23.6 Å². The molecule has 0 fully saturated rings. The lowest BCUT2D eigenvalue weighted by atomic mass is 10.2. The molecular formula is C12H10N3. The van der Waals surface area contributed by atoms with Gasteiger partial charge in [-0.05, 0) is 17.5 Å². The largest absolute Gasteiger partial charge is 0.358 e. The number of para-hydroxylation sites is 1. The molecule has 2 aromatic heterocycles. The quantitative estimate of drug-likeness (QED) is 0.649. The molecule has 0 aliphatic heterocycles. The van der Waals surface area contributed by atoms with E-state index in [1.807, 2.05) is 24.8 Å². The van der Waals surface area contributed by atoms with E-state index in [-0.39, 0.29) is 0 Å². The second-order valence-corrected chi connectivity index (χ2v) is 3.43. The zero-order chi connectivity index (χ0) is 10.1. The third-order valence-corrected chi connectivity index (χ3v) is 2.36. The molecule has 73 valence electrons. The number of rotatable bonds is 2. The second kappa shape index (κ2) is 3.28. The number of imidazole rings is 1. The predicted octanol–water partition coefficient (Wildman–Crippen LogP) is 2.49. The van der Waals surface area contributed by atoms with Gasteiger partial charge < -0.3 is 9.97 Å². The monoisotopic (exact) mass is 196 g/mol. The fourth-order valence-electron chi connectivity index (χ4n) is 1.68. The van der Waals surface area contributed by atoms with Gasteiger partial charge in [0.1, 0.15) is 5.82 Å². The van der Waals surface area contributed by atoms with E-state index in [1.54, 1.807) is 6.20 Å². The average molecular weight is 196 g/mol. The fourth-order valence-corrected chi connectivity index (χ4v) is 1.68. The maximum Gasteiger partial charge on any atom is 0.116 e. The SMILES string of the molecule is [CH](c1cc2ccccc2[nH]1)c1ncc[nH]1. The molecule has 2 N–H and O–H groups in total. The highest BCUT2D eigenvalue weighted by Crippen LogP contribution is 2.16. The summed E-state index contributed by atoms with van der Waals surface area (Å²) < 4.78 is 0. The molecular weight excluding hydrogens is 186 g/mol. The van der Waals surface area contributed by atoms with Crippen molar-refractivity contribution in [2.24, 2.45) is 0 Å². The normalized spacial score (nSPS) is 10.9. The van der Waals surface area contributed by atoms with Gasteiger partial charge in [0.15, 0.2) is 0 Å². The van der Waals surface area contributed by atoms with Crippen LogP contribution in [-0.2, 0) is 0 Å². The molecule has 0 aliphatic rings. The van der Waals surface area contributed by atoms with Crippen LogP contribution in [0.15, 0.2) is 42.7 Å².